The second kappa shape index (κ2) is 5.25. The van der Waals surface area contributed by atoms with Crippen LogP contribution in [0.25, 0.3) is 0 Å². The van der Waals surface area contributed by atoms with Crippen LogP contribution in [-0.2, 0) is 0 Å². The molecule has 0 spiro atoms. The molecule has 1 aromatic rings. The van der Waals surface area contributed by atoms with Gasteiger partial charge in [-0.15, -0.1) is 11.6 Å². The van der Waals surface area contributed by atoms with Crippen LogP contribution in [0.2, 0.25) is 0 Å². The SMILES string of the molecule is O=C(O)c1ccc(C(O)C(O)CCl)c(F)c1. The van der Waals surface area contributed by atoms with Gasteiger partial charge in [0.2, 0.25) is 0 Å². The summed E-state index contributed by atoms with van der Waals surface area (Å²) in [7, 11) is 0. The van der Waals surface area contributed by atoms with Gasteiger partial charge in [0.15, 0.2) is 0 Å². The highest BCUT2D eigenvalue weighted by molar-refractivity contribution is 6.18. The van der Waals surface area contributed by atoms with Gasteiger partial charge in [0.1, 0.15) is 11.9 Å². The molecule has 0 heterocycles. The Bertz CT molecular complexity index is 396. The molecule has 0 bridgehead atoms. The first-order valence-corrected chi connectivity index (χ1v) is 4.95. The summed E-state index contributed by atoms with van der Waals surface area (Å²) in [6.07, 6.45) is -2.77. The molecule has 4 nitrogen and oxygen atoms in total. The van der Waals surface area contributed by atoms with E-state index in [4.69, 9.17) is 16.7 Å². The molecular formula is C10H10ClFO4. The number of hydrogen-bond donors (Lipinski definition) is 3. The molecule has 0 amide bonds. The number of benzene rings is 1. The van der Waals surface area contributed by atoms with Crippen LogP contribution in [-0.4, -0.2) is 33.3 Å². The van der Waals surface area contributed by atoms with Crippen molar-refractivity contribution in [2.45, 2.75) is 12.2 Å². The fourth-order valence-corrected chi connectivity index (χ4v) is 1.36. The molecule has 0 aromatic heterocycles. The third kappa shape index (κ3) is 2.69. The molecule has 2 atom stereocenters. The number of aromatic carboxylic acids is 1. The minimum Gasteiger partial charge on any atom is -0.478 e. The van der Waals surface area contributed by atoms with E-state index in [1.54, 1.807) is 0 Å². The molecule has 16 heavy (non-hydrogen) atoms. The maximum atomic E-state index is 13.4. The summed E-state index contributed by atoms with van der Waals surface area (Å²) in [5, 5.41) is 27.3. The summed E-state index contributed by atoms with van der Waals surface area (Å²) in [6, 6.07) is 3.03. The predicted octanol–water partition coefficient (Wildman–Crippen LogP) is 1.16. The molecule has 1 aromatic carbocycles. The van der Waals surface area contributed by atoms with Gasteiger partial charge >= 0.3 is 5.97 Å². The Morgan fingerprint density at radius 2 is 2.06 bits per heavy atom. The number of hydrogen-bond acceptors (Lipinski definition) is 3. The zero-order chi connectivity index (χ0) is 12.3. The number of aliphatic hydroxyl groups excluding tert-OH is 2. The van der Waals surface area contributed by atoms with Crippen molar-refractivity contribution in [1.29, 1.82) is 0 Å². The van der Waals surface area contributed by atoms with Gasteiger partial charge in [0, 0.05) is 5.56 Å². The largest absolute Gasteiger partial charge is 0.478 e. The molecule has 0 aliphatic carbocycles. The van der Waals surface area contributed by atoms with E-state index in [0.29, 0.717) is 0 Å². The Balaban J connectivity index is 3.03. The quantitative estimate of drug-likeness (QED) is 0.699. The summed E-state index contributed by atoms with van der Waals surface area (Å²) in [6.45, 7) is 0. The minimum atomic E-state index is -1.47. The van der Waals surface area contributed by atoms with E-state index in [0.717, 1.165) is 18.2 Å². The van der Waals surface area contributed by atoms with E-state index >= 15 is 0 Å². The normalized spacial score (nSPS) is 14.5. The standard InChI is InChI=1S/C10H10ClFO4/c11-4-8(13)9(14)6-2-1-5(10(15)16)3-7(6)12/h1-3,8-9,13-14H,4H2,(H,15,16). The van der Waals surface area contributed by atoms with Crippen LogP contribution in [0.3, 0.4) is 0 Å². The first-order chi connectivity index (χ1) is 7.47. The molecule has 0 aliphatic heterocycles. The lowest BCUT2D eigenvalue weighted by molar-refractivity contribution is 0.0304. The van der Waals surface area contributed by atoms with Crippen LogP contribution in [0.1, 0.15) is 22.0 Å². The monoisotopic (exact) mass is 248 g/mol. The second-order valence-electron chi connectivity index (χ2n) is 3.21. The molecule has 3 N–H and O–H groups in total. The van der Waals surface area contributed by atoms with E-state index in [-0.39, 0.29) is 17.0 Å². The molecule has 0 aliphatic rings. The van der Waals surface area contributed by atoms with Gasteiger partial charge in [-0.05, 0) is 12.1 Å². The van der Waals surface area contributed by atoms with Gasteiger partial charge in [-0.1, -0.05) is 6.07 Å². The van der Waals surface area contributed by atoms with Gasteiger partial charge in [-0.3, -0.25) is 0 Å². The van der Waals surface area contributed by atoms with E-state index in [1.807, 2.05) is 0 Å². The number of carbonyl (C=O) groups is 1. The highest BCUT2D eigenvalue weighted by Crippen LogP contribution is 2.22. The van der Waals surface area contributed by atoms with Crippen molar-refractivity contribution in [1.82, 2.24) is 0 Å². The van der Waals surface area contributed by atoms with Crippen LogP contribution >= 0.6 is 11.6 Å². The number of aliphatic hydroxyl groups is 2. The molecule has 0 radical (unpaired) electrons. The Morgan fingerprint density at radius 3 is 2.50 bits per heavy atom. The van der Waals surface area contributed by atoms with Crippen molar-refractivity contribution in [2.24, 2.45) is 0 Å². The van der Waals surface area contributed by atoms with Crippen LogP contribution in [0.5, 0.6) is 0 Å². The van der Waals surface area contributed by atoms with Crippen LogP contribution in [0, 0.1) is 5.82 Å². The topological polar surface area (TPSA) is 77.8 Å². The highest BCUT2D eigenvalue weighted by atomic mass is 35.5. The maximum absolute atomic E-state index is 13.4. The van der Waals surface area contributed by atoms with Gasteiger partial charge in [0.05, 0.1) is 17.5 Å². The van der Waals surface area contributed by atoms with Crippen molar-refractivity contribution in [3.63, 3.8) is 0 Å². The molecule has 0 fully saturated rings. The smallest absolute Gasteiger partial charge is 0.335 e. The van der Waals surface area contributed by atoms with Crippen molar-refractivity contribution >= 4 is 17.6 Å². The van der Waals surface area contributed by atoms with Gasteiger partial charge in [-0.2, -0.15) is 0 Å². The lowest BCUT2D eigenvalue weighted by Crippen LogP contribution is -2.20. The summed E-state index contributed by atoms with van der Waals surface area (Å²) < 4.78 is 13.4. The number of rotatable bonds is 4. The Morgan fingerprint density at radius 1 is 1.44 bits per heavy atom. The zero-order valence-electron chi connectivity index (χ0n) is 8.10. The molecule has 1 rings (SSSR count). The first kappa shape index (κ1) is 12.9. The van der Waals surface area contributed by atoms with Crippen molar-refractivity contribution in [2.75, 3.05) is 5.88 Å². The van der Waals surface area contributed by atoms with Gasteiger partial charge in [-0.25, -0.2) is 9.18 Å². The van der Waals surface area contributed by atoms with Gasteiger partial charge in [0.25, 0.3) is 0 Å². The average molecular weight is 249 g/mol. The zero-order valence-corrected chi connectivity index (χ0v) is 8.86. The molecule has 0 saturated carbocycles. The fourth-order valence-electron chi connectivity index (χ4n) is 1.19. The van der Waals surface area contributed by atoms with E-state index in [2.05, 4.69) is 0 Å². The maximum Gasteiger partial charge on any atom is 0.335 e. The lowest BCUT2D eigenvalue weighted by atomic mass is 10.0. The number of alkyl halides is 1. The minimum absolute atomic E-state index is 0.182. The predicted molar refractivity (Wildman–Crippen MR) is 55.0 cm³/mol. The summed E-state index contributed by atoms with van der Waals surface area (Å²) in [5.41, 5.74) is -0.410. The summed E-state index contributed by atoms with van der Waals surface area (Å²) in [4.78, 5) is 10.5. The Kier molecular flexibility index (Phi) is 4.23. The Labute approximate surface area is 95.9 Å². The van der Waals surface area contributed by atoms with Crippen molar-refractivity contribution in [3.05, 3.63) is 35.1 Å². The Hall–Kier alpha value is -1.17. The number of halogens is 2. The third-order valence-electron chi connectivity index (χ3n) is 2.09. The van der Waals surface area contributed by atoms with Crippen LogP contribution in [0.15, 0.2) is 18.2 Å². The molecule has 2 unspecified atom stereocenters. The fraction of sp³-hybridized carbons (Fsp3) is 0.300. The number of carboxylic acids is 1. The van der Waals surface area contributed by atoms with E-state index < -0.39 is 24.0 Å². The number of carboxylic acid groups (broad SMARTS) is 1. The molecule has 6 heteroatoms. The lowest BCUT2D eigenvalue weighted by Gasteiger charge is -2.16. The van der Waals surface area contributed by atoms with E-state index in [9.17, 15) is 19.4 Å². The third-order valence-corrected chi connectivity index (χ3v) is 2.40. The average Bonchev–Trinajstić information content (AvgIpc) is 2.26. The van der Waals surface area contributed by atoms with Crippen molar-refractivity contribution in [3.8, 4) is 0 Å². The summed E-state index contributed by atoms with van der Waals surface area (Å²) >= 11 is 5.30. The van der Waals surface area contributed by atoms with E-state index in [1.165, 1.54) is 0 Å². The molecule has 0 saturated heterocycles. The second-order valence-corrected chi connectivity index (χ2v) is 3.52. The van der Waals surface area contributed by atoms with Crippen LogP contribution in [0.4, 0.5) is 4.39 Å². The van der Waals surface area contributed by atoms with Crippen LogP contribution < -0.4 is 0 Å². The highest BCUT2D eigenvalue weighted by Gasteiger charge is 2.21. The van der Waals surface area contributed by atoms with Crippen molar-refractivity contribution < 1.29 is 24.5 Å². The molecular weight excluding hydrogens is 239 g/mol. The first-order valence-electron chi connectivity index (χ1n) is 4.42. The van der Waals surface area contributed by atoms with Gasteiger partial charge < -0.3 is 15.3 Å². The molecule has 88 valence electrons. The summed E-state index contributed by atoms with van der Waals surface area (Å²) in [5.74, 6) is -2.41.